The minimum atomic E-state index is -1.75. The molecule has 0 fully saturated rings. The summed E-state index contributed by atoms with van der Waals surface area (Å²) >= 11 is 0. The number of benzene rings is 1. The molecule has 3 atom stereocenters. The van der Waals surface area contributed by atoms with Crippen LogP contribution in [0.4, 0.5) is 10.1 Å². The smallest absolute Gasteiger partial charge is 0.276 e. The van der Waals surface area contributed by atoms with Crippen molar-refractivity contribution < 1.29 is 23.2 Å². The number of nitriles is 1. The Hall–Kier alpha value is -3.00. The van der Waals surface area contributed by atoms with Crippen LogP contribution < -0.4 is 14.8 Å². The molecular weight excluding hydrogens is 399 g/mol. The van der Waals surface area contributed by atoms with Gasteiger partial charge in [0.15, 0.2) is 11.4 Å². The second-order valence-electron chi connectivity index (χ2n) is 6.72. The normalized spacial score (nSPS) is 20.4. The van der Waals surface area contributed by atoms with Crippen molar-refractivity contribution in [1.29, 1.82) is 5.26 Å². The fraction of sp³-hybridized carbons (Fsp3) is 0.263. The van der Waals surface area contributed by atoms with E-state index in [1.165, 1.54) is 35.9 Å². The van der Waals surface area contributed by atoms with E-state index in [4.69, 9.17) is 10.00 Å². The maximum absolute atomic E-state index is 13.5. The van der Waals surface area contributed by atoms with Crippen LogP contribution in [0.25, 0.3) is 0 Å². The second-order valence-corrected chi connectivity index (χ2v) is 7.94. The summed E-state index contributed by atoms with van der Waals surface area (Å²) in [6, 6.07) is 4.61. The monoisotopic (exact) mass is 418 g/mol. The molecular formula is C19H19FN4O4S. The summed E-state index contributed by atoms with van der Waals surface area (Å²) in [5.74, 6) is -1.17. The number of anilines is 1. The van der Waals surface area contributed by atoms with E-state index in [9.17, 15) is 18.5 Å². The van der Waals surface area contributed by atoms with Gasteiger partial charge >= 0.3 is 0 Å². The Morgan fingerprint density at radius 3 is 3.00 bits per heavy atom. The second kappa shape index (κ2) is 7.79. The van der Waals surface area contributed by atoms with Crippen molar-refractivity contribution in [3.63, 3.8) is 0 Å². The van der Waals surface area contributed by atoms with E-state index in [2.05, 4.69) is 16.6 Å². The van der Waals surface area contributed by atoms with Crippen LogP contribution in [-0.2, 0) is 18.0 Å². The van der Waals surface area contributed by atoms with E-state index >= 15 is 0 Å². The molecule has 0 saturated heterocycles. The van der Waals surface area contributed by atoms with Gasteiger partial charge in [-0.3, -0.25) is 4.79 Å². The number of carbonyl (C=O) groups is 1. The maximum Gasteiger partial charge on any atom is 0.276 e. The first-order valence-corrected chi connectivity index (χ1v) is 9.70. The number of carbonyl (C=O) groups excluding carboxylic acids is 1. The highest BCUT2D eigenvalue weighted by atomic mass is 32.2. The lowest BCUT2D eigenvalue weighted by Gasteiger charge is -2.28. The third kappa shape index (κ3) is 3.93. The number of halogens is 1. The standard InChI is InChI=1S/C19H19FN4O4S/c1-4-19(2,26)15-10-28-17-14(29(27)23-15)9-24(3)16(17)18(25)22-12-5-6-13(20)11(7-12)8-21/h4-7,9,15,23,26H,1,10H2,2-3H3,(H,22,25). The zero-order valence-corrected chi connectivity index (χ0v) is 16.5. The maximum atomic E-state index is 13.5. The van der Waals surface area contributed by atoms with Crippen molar-refractivity contribution in [2.45, 2.75) is 23.5 Å². The van der Waals surface area contributed by atoms with Gasteiger partial charge in [0.05, 0.1) is 17.2 Å². The summed E-state index contributed by atoms with van der Waals surface area (Å²) in [6.07, 6.45) is 2.81. The molecule has 0 spiro atoms. The first kappa shape index (κ1) is 20.7. The lowest BCUT2D eigenvalue weighted by molar-refractivity contribution is 0.0559. The summed E-state index contributed by atoms with van der Waals surface area (Å²) in [6.45, 7) is 5.01. The Bertz CT molecular complexity index is 1060. The van der Waals surface area contributed by atoms with Gasteiger partial charge in [0.2, 0.25) is 0 Å². The van der Waals surface area contributed by atoms with Crippen LogP contribution in [0, 0.1) is 17.1 Å². The van der Waals surface area contributed by atoms with E-state index in [0.717, 1.165) is 6.07 Å². The van der Waals surface area contributed by atoms with Crippen molar-refractivity contribution in [2.75, 3.05) is 11.9 Å². The highest BCUT2D eigenvalue weighted by molar-refractivity contribution is 7.83. The van der Waals surface area contributed by atoms with E-state index in [1.54, 1.807) is 13.1 Å². The summed E-state index contributed by atoms with van der Waals surface area (Å²) in [5.41, 5.74) is -1.27. The van der Waals surface area contributed by atoms with Gasteiger partial charge in [0.25, 0.3) is 5.91 Å². The zero-order valence-electron chi connectivity index (χ0n) is 15.7. The predicted molar refractivity (Wildman–Crippen MR) is 104 cm³/mol. The van der Waals surface area contributed by atoms with Crippen LogP contribution in [0.15, 0.2) is 41.9 Å². The molecule has 29 heavy (non-hydrogen) atoms. The highest BCUT2D eigenvalue weighted by Gasteiger charge is 2.36. The molecule has 1 aromatic carbocycles. The van der Waals surface area contributed by atoms with Crippen LogP contribution in [0.5, 0.6) is 5.75 Å². The van der Waals surface area contributed by atoms with Gasteiger partial charge in [-0.15, -0.1) is 6.58 Å². The Morgan fingerprint density at radius 1 is 1.62 bits per heavy atom. The summed E-state index contributed by atoms with van der Waals surface area (Å²) in [4.78, 5) is 13.1. The highest BCUT2D eigenvalue weighted by Crippen LogP contribution is 2.32. The third-order valence-corrected chi connectivity index (χ3v) is 5.81. The van der Waals surface area contributed by atoms with E-state index in [-0.39, 0.29) is 34.2 Å². The number of aromatic nitrogens is 1. The topological polar surface area (TPSA) is 116 Å². The van der Waals surface area contributed by atoms with Gasteiger partial charge in [0, 0.05) is 18.9 Å². The number of fused-ring (bicyclic) bond motifs is 1. The largest absolute Gasteiger partial charge is 0.488 e. The molecule has 3 rings (SSSR count). The molecule has 1 amide bonds. The first-order chi connectivity index (χ1) is 13.7. The van der Waals surface area contributed by atoms with Crippen molar-refractivity contribution in [2.24, 2.45) is 7.05 Å². The molecule has 0 saturated carbocycles. The van der Waals surface area contributed by atoms with E-state index in [1.807, 2.05) is 0 Å². The number of aryl methyl sites for hydroxylation is 1. The molecule has 3 N–H and O–H groups in total. The average Bonchev–Trinajstić information content (AvgIpc) is 2.93. The number of nitrogens with one attached hydrogen (secondary N) is 2. The Balaban J connectivity index is 1.92. The minimum absolute atomic E-state index is 0.0584. The van der Waals surface area contributed by atoms with E-state index in [0.29, 0.717) is 0 Å². The van der Waals surface area contributed by atoms with Crippen molar-refractivity contribution in [3.8, 4) is 11.8 Å². The number of nitrogens with zero attached hydrogens (tertiary/aromatic N) is 2. The first-order valence-electron chi connectivity index (χ1n) is 8.55. The van der Waals surface area contributed by atoms with Crippen LogP contribution >= 0.6 is 0 Å². The number of hydrogen-bond donors (Lipinski definition) is 3. The van der Waals surface area contributed by atoms with E-state index < -0.39 is 34.4 Å². The summed E-state index contributed by atoms with van der Waals surface area (Å²) < 4.78 is 36.2. The number of amides is 1. The Kier molecular flexibility index (Phi) is 5.57. The predicted octanol–water partition coefficient (Wildman–Crippen LogP) is 1.60. The quantitative estimate of drug-likeness (QED) is 0.652. The molecule has 1 aromatic heterocycles. The molecule has 1 aliphatic rings. The van der Waals surface area contributed by atoms with Crippen LogP contribution in [0.1, 0.15) is 23.0 Å². The number of hydrogen-bond acceptors (Lipinski definition) is 5. The Morgan fingerprint density at radius 2 is 2.34 bits per heavy atom. The summed E-state index contributed by atoms with van der Waals surface area (Å²) in [5, 5.41) is 21.9. The Labute approximate surface area is 169 Å². The van der Waals surface area contributed by atoms with Crippen LogP contribution in [0.3, 0.4) is 0 Å². The molecule has 8 nitrogen and oxygen atoms in total. The average molecular weight is 418 g/mol. The van der Waals surface area contributed by atoms with Crippen molar-refractivity contribution >= 4 is 22.6 Å². The SMILES string of the molecule is C=CC(C)(O)C1COc2c(cn(C)c2C(=O)Nc2ccc(F)c(C#N)c2)S(=O)N1. The van der Waals surface area contributed by atoms with Crippen LogP contribution in [0.2, 0.25) is 0 Å². The molecule has 2 heterocycles. The third-order valence-electron chi connectivity index (χ3n) is 4.62. The van der Waals surface area contributed by atoms with Crippen molar-refractivity contribution in [3.05, 3.63) is 54.1 Å². The lowest BCUT2D eigenvalue weighted by Crippen LogP contribution is -2.50. The minimum Gasteiger partial charge on any atom is -0.488 e. The fourth-order valence-electron chi connectivity index (χ4n) is 2.81. The van der Waals surface area contributed by atoms with Gasteiger partial charge in [-0.05, 0) is 25.1 Å². The molecule has 152 valence electrons. The fourth-order valence-corrected chi connectivity index (χ4v) is 4.08. The number of rotatable bonds is 4. The molecule has 0 aliphatic carbocycles. The van der Waals surface area contributed by atoms with Gasteiger partial charge in [-0.2, -0.15) is 5.26 Å². The zero-order chi connectivity index (χ0) is 21.3. The number of aliphatic hydroxyl groups is 1. The van der Waals surface area contributed by atoms with Crippen molar-refractivity contribution in [1.82, 2.24) is 9.29 Å². The molecule has 3 unspecified atom stereocenters. The molecule has 2 aromatic rings. The van der Waals surface area contributed by atoms with Gasteiger partial charge in [-0.25, -0.2) is 13.3 Å². The molecule has 10 heteroatoms. The molecule has 0 radical (unpaired) electrons. The molecule has 1 aliphatic heterocycles. The van der Waals surface area contributed by atoms with Gasteiger partial charge in [-0.1, -0.05) is 6.08 Å². The lowest BCUT2D eigenvalue weighted by atomic mass is 9.98. The number of ether oxygens (including phenoxy) is 1. The van der Waals surface area contributed by atoms with Gasteiger partial charge in [0.1, 0.15) is 34.4 Å². The van der Waals surface area contributed by atoms with Crippen LogP contribution in [-0.4, -0.2) is 38.0 Å². The molecule has 0 bridgehead atoms. The summed E-state index contributed by atoms with van der Waals surface area (Å²) in [7, 11) is -0.157. The van der Waals surface area contributed by atoms with Gasteiger partial charge < -0.3 is 19.7 Å².